The van der Waals surface area contributed by atoms with Crippen LogP contribution in [0.25, 0.3) is 0 Å². The summed E-state index contributed by atoms with van der Waals surface area (Å²) in [6.45, 7) is 11.1. The highest BCUT2D eigenvalue weighted by Crippen LogP contribution is 2.21. The number of nitrogens with two attached hydrogens (primary N) is 1. The Morgan fingerprint density at radius 1 is 1.11 bits per heavy atom. The van der Waals surface area contributed by atoms with Gasteiger partial charge in [0.2, 0.25) is 0 Å². The van der Waals surface area contributed by atoms with E-state index < -0.39 is 0 Å². The molecule has 106 valence electrons. The molecule has 3 heteroatoms. The third-order valence-corrected chi connectivity index (χ3v) is 3.95. The highest BCUT2D eigenvalue weighted by atomic mass is 15.3. The molecule has 0 unspecified atom stereocenters. The molecule has 2 N–H and O–H groups in total. The van der Waals surface area contributed by atoms with E-state index in [9.17, 15) is 0 Å². The summed E-state index contributed by atoms with van der Waals surface area (Å²) in [5.41, 5.74) is 8.42. The number of hydrogen-bond acceptors (Lipinski definition) is 3. The van der Waals surface area contributed by atoms with E-state index in [-0.39, 0.29) is 0 Å². The first-order chi connectivity index (χ1) is 9.20. The van der Waals surface area contributed by atoms with Crippen molar-refractivity contribution < 1.29 is 0 Å². The monoisotopic (exact) mass is 261 g/mol. The van der Waals surface area contributed by atoms with E-state index in [0.29, 0.717) is 6.54 Å². The molecule has 1 aliphatic heterocycles. The van der Waals surface area contributed by atoms with Crippen LogP contribution in [0.5, 0.6) is 0 Å². The molecule has 2 rings (SSSR count). The largest absolute Gasteiger partial charge is 0.369 e. The SMILES string of the molecule is CC(C)CCN1CCN(c2ccccc2CN)CC1. The summed E-state index contributed by atoms with van der Waals surface area (Å²) in [6.07, 6.45) is 1.30. The molecule has 0 saturated carbocycles. The molecule has 1 fully saturated rings. The normalized spacial score (nSPS) is 17.2. The zero-order valence-electron chi connectivity index (χ0n) is 12.3. The van der Waals surface area contributed by atoms with Gasteiger partial charge < -0.3 is 10.6 Å². The van der Waals surface area contributed by atoms with Gasteiger partial charge in [-0.15, -0.1) is 0 Å². The van der Waals surface area contributed by atoms with Crippen LogP contribution in [-0.2, 0) is 6.54 Å². The molecular formula is C16H27N3. The molecule has 1 heterocycles. The van der Waals surface area contributed by atoms with Crippen LogP contribution in [0.3, 0.4) is 0 Å². The minimum Gasteiger partial charge on any atom is -0.369 e. The van der Waals surface area contributed by atoms with Gasteiger partial charge in [-0.3, -0.25) is 4.90 Å². The van der Waals surface area contributed by atoms with Crippen LogP contribution in [-0.4, -0.2) is 37.6 Å². The standard InChI is InChI=1S/C16H27N3/c1-14(2)7-8-18-9-11-19(12-10-18)16-6-4-3-5-15(16)13-17/h3-6,14H,7-13,17H2,1-2H3. The minimum atomic E-state index is 0.629. The van der Waals surface area contributed by atoms with E-state index in [1.165, 1.54) is 37.3 Å². The summed E-state index contributed by atoms with van der Waals surface area (Å²) < 4.78 is 0. The molecule has 19 heavy (non-hydrogen) atoms. The summed E-state index contributed by atoms with van der Waals surface area (Å²) in [7, 11) is 0. The first-order valence-electron chi connectivity index (χ1n) is 7.46. The van der Waals surface area contributed by atoms with Gasteiger partial charge >= 0.3 is 0 Å². The lowest BCUT2D eigenvalue weighted by Crippen LogP contribution is -2.47. The Balaban J connectivity index is 1.89. The van der Waals surface area contributed by atoms with E-state index in [1.54, 1.807) is 0 Å². The number of nitrogens with zero attached hydrogens (tertiary/aromatic N) is 2. The molecule has 0 amide bonds. The van der Waals surface area contributed by atoms with Crippen LogP contribution < -0.4 is 10.6 Å². The fourth-order valence-electron chi connectivity index (χ4n) is 2.65. The number of para-hydroxylation sites is 1. The number of benzene rings is 1. The first kappa shape index (κ1) is 14.4. The second kappa shape index (κ2) is 6.92. The maximum atomic E-state index is 5.83. The lowest BCUT2D eigenvalue weighted by molar-refractivity contribution is 0.243. The summed E-state index contributed by atoms with van der Waals surface area (Å²) in [5.74, 6) is 0.802. The van der Waals surface area contributed by atoms with Gasteiger partial charge in [-0.25, -0.2) is 0 Å². The van der Waals surface area contributed by atoms with Crippen molar-refractivity contribution in [2.45, 2.75) is 26.8 Å². The predicted octanol–water partition coefficient (Wildman–Crippen LogP) is 2.31. The lowest BCUT2D eigenvalue weighted by atomic mass is 10.1. The fourth-order valence-corrected chi connectivity index (χ4v) is 2.65. The van der Waals surface area contributed by atoms with Crippen LogP contribution in [0, 0.1) is 5.92 Å². The van der Waals surface area contributed by atoms with E-state index in [0.717, 1.165) is 19.0 Å². The van der Waals surface area contributed by atoms with Gasteiger partial charge in [0.05, 0.1) is 0 Å². The molecule has 3 nitrogen and oxygen atoms in total. The maximum Gasteiger partial charge on any atom is 0.0412 e. The Labute approximate surface area is 117 Å². The van der Waals surface area contributed by atoms with Crippen LogP contribution in [0.1, 0.15) is 25.8 Å². The predicted molar refractivity (Wildman–Crippen MR) is 82.4 cm³/mol. The molecular weight excluding hydrogens is 234 g/mol. The average Bonchev–Trinajstić information content (AvgIpc) is 2.45. The summed E-state index contributed by atoms with van der Waals surface area (Å²) >= 11 is 0. The zero-order valence-corrected chi connectivity index (χ0v) is 12.3. The van der Waals surface area contributed by atoms with Gasteiger partial charge in [-0.1, -0.05) is 32.0 Å². The highest BCUT2D eigenvalue weighted by Gasteiger charge is 2.18. The first-order valence-corrected chi connectivity index (χ1v) is 7.46. The molecule has 0 atom stereocenters. The topological polar surface area (TPSA) is 32.5 Å². The van der Waals surface area contributed by atoms with Crippen LogP contribution in [0.2, 0.25) is 0 Å². The average molecular weight is 261 g/mol. The van der Waals surface area contributed by atoms with Gasteiger partial charge in [0.15, 0.2) is 0 Å². The van der Waals surface area contributed by atoms with E-state index in [2.05, 4.69) is 47.9 Å². The van der Waals surface area contributed by atoms with Crippen LogP contribution in [0.4, 0.5) is 5.69 Å². The van der Waals surface area contributed by atoms with Gasteiger partial charge in [0.1, 0.15) is 0 Å². The minimum absolute atomic E-state index is 0.629. The second-order valence-electron chi connectivity index (χ2n) is 5.84. The van der Waals surface area contributed by atoms with Gasteiger partial charge in [0.25, 0.3) is 0 Å². The molecule has 0 aliphatic carbocycles. The van der Waals surface area contributed by atoms with Crippen molar-refractivity contribution in [3.63, 3.8) is 0 Å². The fraction of sp³-hybridized carbons (Fsp3) is 0.625. The third kappa shape index (κ3) is 3.95. The van der Waals surface area contributed by atoms with Crippen LogP contribution >= 0.6 is 0 Å². The Morgan fingerprint density at radius 3 is 2.42 bits per heavy atom. The van der Waals surface area contributed by atoms with Crippen molar-refractivity contribution in [2.75, 3.05) is 37.6 Å². The Hall–Kier alpha value is -1.06. The van der Waals surface area contributed by atoms with Crippen molar-refractivity contribution in [3.05, 3.63) is 29.8 Å². The summed E-state index contributed by atoms with van der Waals surface area (Å²) in [5, 5.41) is 0. The maximum absolute atomic E-state index is 5.83. The molecule has 0 radical (unpaired) electrons. The van der Waals surface area contributed by atoms with Gasteiger partial charge in [0, 0.05) is 38.4 Å². The number of rotatable bonds is 5. The van der Waals surface area contributed by atoms with E-state index in [1.807, 2.05) is 0 Å². The molecule has 1 saturated heterocycles. The van der Waals surface area contributed by atoms with Crippen LogP contribution in [0.15, 0.2) is 24.3 Å². The van der Waals surface area contributed by atoms with Gasteiger partial charge in [-0.05, 0) is 30.5 Å². The molecule has 0 aromatic heterocycles. The lowest BCUT2D eigenvalue weighted by Gasteiger charge is -2.37. The van der Waals surface area contributed by atoms with Crippen molar-refractivity contribution in [3.8, 4) is 0 Å². The Bertz CT molecular complexity index is 381. The number of hydrogen-bond donors (Lipinski definition) is 1. The quantitative estimate of drug-likeness (QED) is 0.883. The molecule has 0 bridgehead atoms. The van der Waals surface area contributed by atoms with Gasteiger partial charge in [-0.2, -0.15) is 0 Å². The third-order valence-electron chi connectivity index (χ3n) is 3.95. The van der Waals surface area contributed by atoms with Crippen molar-refractivity contribution in [2.24, 2.45) is 11.7 Å². The van der Waals surface area contributed by atoms with Crippen molar-refractivity contribution in [1.82, 2.24) is 4.90 Å². The van der Waals surface area contributed by atoms with Crippen molar-refractivity contribution in [1.29, 1.82) is 0 Å². The number of anilines is 1. The Kier molecular flexibility index (Phi) is 5.23. The van der Waals surface area contributed by atoms with Crippen molar-refractivity contribution >= 4 is 5.69 Å². The summed E-state index contributed by atoms with van der Waals surface area (Å²) in [4.78, 5) is 5.07. The zero-order chi connectivity index (χ0) is 13.7. The molecule has 1 aromatic carbocycles. The highest BCUT2D eigenvalue weighted by molar-refractivity contribution is 5.53. The smallest absolute Gasteiger partial charge is 0.0412 e. The second-order valence-corrected chi connectivity index (χ2v) is 5.84. The molecule has 1 aliphatic rings. The van der Waals surface area contributed by atoms with E-state index >= 15 is 0 Å². The molecule has 1 aromatic rings. The Morgan fingerprint density at radius 2 is 1.79 bits per heavy atom. The van der Waals surface area contributed by atoms with E-state index in [4.69, 9.17) is 5.73 Å². The molecule has 0 spiro atoms. The number of piperazine rings is 1. The summed E-state index contributed by atoms with van der Waals surface area (Å²) in [6, 6.07) is 8.52.